The summed E-state index contributed by atoms with van der Waals surface area (Å²) in [4.78, 5) is 15.9. The highest BCUT2D eigenvalue weighted by Gasteiger charge is 2.34. The van der Waals surface area contributed by atoms with Crippen molar-refractivity contribution < 1.29 is 0 Å². The average molecular weight is 409 g/mol. The molecule has 0 saturated carbocycles. The third-order valence-corrected chi connectivity index (χ3v) is 6.72. The molecule has 7 nitrogen and oxygen atoms in total. The number of imidazole rings is 1. The molecule has 7 rings (SSSR count). The minimum absolute atomic E-state index is 0.397. The largest absolute Gasteiger partial charge is 0.355 e. The van der Waals surface area contributed by atoms with E-state index in [1.165, 1.54) is 27.8 Å². The van der Waals surface area contributed by atoms with Crippen LogP contribution in [-0.2, 0) is 12.8 Å². The van der Waals surface area contributed by atoms with E-state index < -0.39 is 0 Å². The van der Waals surface area contributed by atoms with Gasteiger partial charge in [-0.1, -0.05) is 24.3 Å². The van der Waals surface area contributed by atoms with Crippen LogP contribution in [-0.4, -0.2) is 50.7 Å². The van der Waals surface area contributed by atoms with Gasteiger partial charge in [0, 0.05) is 37.7 Å². The van der Waals surface area contributed by atoms with Crippen LogP contribution in [0.25, 0.3) is 27.5 Å². The van der Waals surface area contributed by atoms with Gasteiger partial charge in [-0.05, 0) is 35.9 Å². The summed E-state index contributed by atoms with van der Waals surface area (Å²) in [6, 6.07) is 14.9. The van der Waals surface area contributed by atoms with Crippen molar-refractivity contribution in [2.45, 2.75) is 18.8 Å². The van der Waals surface area contributed by atoms with Gasteiger partial charge in [0.1, 0.15) is 11.6 Å². The second kappa shape index (κ2) is 6.52. The fourth-order valence-corrected chi connectivity index (χ4v) is 5.07. The molecule has 2 aromatic carbocycles. The molecule has 31 heavy (non-hydrogen) atoms. The van der Waals surface area contributed by atoms with Gasteiger partial charge < -0.3 is 15.2 Å². The number of hydrogen-bond acceptors (Lipinski definition) is 5. The number of fused-ring (bicyclic) bond motifs is 4. The van der Waals surface area contributed by atoms with Gasteiger partial charge in [0.15, 0.2) is 5.65 Å². The highest BCUT2D eigenvalue weighted by Crippen LogP contribution is 2.35. The molecule has 5 heterocycles. The topological polar surface area (TPSA) is 74.1 Å². The normalized spacial score (nSPS) is 17.2. The van der Waals surface area contributed by atoms with Crippen molar-refractivity contribution in [1.29, 1.82) is 0 Å². The Morgan fingerprint density at radius 2 is 1.77 bits per heavy atom. The van der Waals surface area contributed by atoms with E-state index in [0.717, 1.165) is 61.5 Å². The first kappa shape index (κ1) is 17.3. The molecule has 0 atom stereocenters. The van der Waals surface area contributed by atoms with E-state index >= 15 is 0 Å². The quantitative estimate of drug-likeness (QED) is 0.469. The van der Waals surface area contributed by atoms with Crippen LogP contribution in [0.5, 0.6) is 0 Å². The first-order valence-electron chi connectivity index (χ1n) is 11.0. The molecular formula is C24H23N7. The first-order chi connectivity index (χ1) is 15.3. The van der Waals surface area contributed by atoms with Crippen LogP contribution in [0.3, 0.4) is 0 Å². The summed E-state index contributed by atoms with van der Waals surface area (Å²) in [5.74, 6) is 2.70. The van der Waals surface area contributed by atoms with E-state index in [-0.39, 0.29) is 0 Å². The number of anilines is 1. The Balaban J connectivity index is 1.23. The Bertz CT molecular complexity index is 1390. The van der Waals surface area contributed by atoms with Gasteiger partial charge in [0.2, 0.25) is 0 Å². The predicted molar refractivity (Wildman–Crippen MR) is 122 cm³/mol. The van der Waals surface area contributed by atoms with Crippen molar-refractivity contribution in [3.63, 3.8) is 0 Å². The molecule has 2 aliphatic heterocycles. The number of nitrogens with one attached hydrogen (secondary N) is 2. The summed E-state index contributed by atoms with van der Waals surface area (Å²) in [5, 5.41) is 10.6. The summed E-state index contributed by atoms with van der Waals surface area (Å²) in [6.07, 6.45) is 3.81. The Hall–Kier alpha value is -3.45. The van der Waals surface area contributed by atoms with Crippen LogP contribution in [0, 0.1) is 0 Å². The average Bonchev–Trinajstić information content (AvgIpc) is 3.30. The van der Waals surface area contributed by atoms with Crippen LogP contribution < -0.4 is 10.2 Å². The zero-order valence-electron chi connectivity index (χ0n) is 17.2. The van der Waals surface area contributed by atoms with Gasteiger partial charge in [-0.3, -0.25) is 0 Å². The zero-order chi connectivity index (χ0) is 20.4. The lowest BCUT2D eigenvalue weighted by atomic mass is 9.97. The number of aromatic nitrogens is 5. The summed E-state index contributed by atoms with van der Waals surface area (Å²) < 4.78 is 2.02. The van der Waals surface area contributed by atoms with E-state index in [0.29, 0.717) is 5.92 Å². The SMILES string of the molecule is c1ccc2cc3[nH]c(C4CN(c5c6c(nc7ccnn57)CCNCC6)C4)nc3cc2c1. The van der Waals surface area contributed by atoms with Crippen molar-refractivity contribution in [3.8, 4) is 0 Å². The van der Waals surface area contributed by atoms with Crippen molar-refractivity contribution >= 4 is 33.3 Å². The summed E-state index contributed by atoms with van der Waals surface area (Å²) in [5.41, 5.74) is 5.66. The summed E-state index contributed by atoms with van der Waals surface area (Å²) in [7, 11) is 0. The second-order valence-corrected chi connectivity index (χ2v) is 8.65. The number of rotatable bonds is 2. The number of H-pyrrole nitrogens is 1. The van der Waals surface area contributed by atoms with E-state index in [2.05, 4.69) is 56.7 Å². The molecule has 0 bridgehead atoms. The maximum Gasteiger partial charge on any atom is 0.157 e. The smallest absolute Gasteiger partial charge is 0.157 e. The minimum Gasteiger partial charge on any atom is -0.355 e. The molecule has 0 amide bonds. The maximum absolute atomic E-state index is 4.94. The van der Waals surface area contributed by atoms with Crippen molar-refractivity contribution in [3.05, 3.63) is 65.7 Å². The van der Waals surface area contributed by atoms with Crippen molar-refractivity contribution in [2.24, 2.45) is 0 Å². The van der Waals surface area contributed by atoms with Crippen molar-refractivity contribution in [2.75, 3.05) is 31.1 Å². The Labute approximate surface area is 179 Å². The molecule has 1 fully saturated rings. The number of benzene rings is 2. The van der Waals surface area contributed by atoms with Gasteiger partial charge in [0.05, 0.1) is 28.8 Å². The molecule has 7 heteroatoms. The molecule has 0 aliphatic carbocycles. The van der Waals surface area contributed by atoms with E-state index in [9.17, 15) is 0 Å². The minimum atomic E-state index is 0.397. The second-order valence-electron chi connectivity index (χ2n) is 8.65. The Kier molecular flexibility index (Phi) is 3.63. The highest BCUT2D eigenvalue weighted by atomic mass is 15.4. The van der Waals surface area contributed by atoms with Crippen LogP contribution in [0.1, 0.15) is 23.0 Å². The van der Waals surface area contributed by atoms with E-state index in [1.807, 2.05) is 16.8 Å². The van der Waals surface area contributed by atoms with Gasteiger partial charge in [0.25, 0.3) is 0 Å². The summed E-state index contributed by atoms with van der Waals surface area (Å²) in [6.45, 7) is 3.86. The molecule has 2 aliphatic rings. The van der Waals surface area contributed by atoms with Gasteiger partial charge >= 0.3 is 0 Å². The predicted octanol–water partition coefficient (Wildman–Crippen LogP) is 3.05. The lowest BCUT2D eigenvalue weighted by Crippen LogP contribution is -2.47. The molecule has 5 aromatic rings. The van der Waals surface area contributed by atoms with E-state index in [1.54, 1.807) is 0 Å². The lowest BCUT2D eigenvalue weighted by Gasteiger charge is -2.41. The number of aromatic amines is 1. The van der Waals surface area contributed by atoms with Gasteiger partial charge in [-0.15, -0.1) is 0 Å². The van der Waals surface area contributed by atoms with Crippen LogP contribution >= 0.6 is 0 Å². The number of hydrogen-bond donors (Lipinski definition) is 2. The summed E-state index contributed by atoms with van der Waals surface area (Å²) >= 11 is 0. The lowest BCUT2D eigenvalue weighted by molar-refractivity contribution is 0.494. The molecule has 3 aromatic heterocycles. The fraction of sp³-hybridized carbons (Fsp3) is 0.292. The highest BCUT2D eigenvalue weighted by molar-refractivity contribution is 5.95. The van der Waals surface area contributed by atoms with Crippen LogP contribution in [0.4, 0.5) is 5.82 Å². The third kappa shape index (κ3) is 2.66. The first-order valence-corrected chi connectivity index (χ1v) is 11.0. The molecule has 1 saturated heterocycles. The Morgan fingerprint density at radius 3 is 2.68 bits per heavy atom. The van der Waals surface area contributed by atoms with E-state index in [4.69, 9.17) is 9.97 Å². The standard InChI is InChI=1S/C24H23N7/c1-2-4-16-12-21-20(11-15(16)3-1)28-23(29-21)17-13-30(14-17)24-18-5-8-25-9-6-19(18)27-22-7-10-26-31(22)24/h1-4,7,10-12,17,25H,5-6,8-9,13-14H2,(H,28,29). The molecule has 0 spiro atoms. The fourth-order valence-electron chi connectivity index (χ4n) is 5.07. The zero-order valence-corrected chi connectivity index (χ0v) is 17.2. The van der Waals surface area contributed by atoms with Crippen LogP contribution in [0.2, 0.25) is 0 Å². The third-order valence-electron chi connectivity index (χ3n) is 6.72. The molecule has 154 valence electrons. The monoisotopic (exact) mass is 409 g/mol. The molecule has 2 N–H and O–H groups in total. The van der Waals surface area contributed by atoms with Crippen molar-refractivity contribution in [1.82, 2.24) is 29.9 Å². The van der Waals surface area contributed by atoms with Crippen LogP contribution in [0.15, 0.2) is 48.7 Å². The molecule has 0 radical (unpaired) electrons. The Morgan fingerprint density at radius 1 is 0.935 bits per heavy atom. The molecule has 0 unspecified atom stereocenters. The maximum atomic E-state index is 4.94. The van der Waals surface area contributed by atoms with Gasteiger partial charge in [-0.25, -0.2) is 9.97 Å². The molecular weight excluding hydrogens is 386 g/mol. The van der Waals surface area contributed by atoms with Gasteiger partial charge in [-0.2, -0.15) is 9.61 Å². The number of nitrogens with zero attached hydrogens (tertiary/aromatic N) is 5.